The highest BCUT2D eigenvalue weighted by molar-refractivity contribution is 5.99. The Morgan fingerprint density at radius 1 is 1.18 bits per heavy atom. The maximum atomic E-state index is 9.54. The van der Waals surface area contributed by atoms with Gasteiger partial charge >= 0.3 is 0 Å². The van der Waals surface area contributed by atoms with Crippen LogP contribution in [0.2, 0.25) is 0 Å². The van der Waals surface area contributed by atoms with Crippen molar-refractivity contribution in [2.24, 2.45) is 5.16 Å². The first-order valence-corrected chi connectivity index (χ1v) is 6.67. The number of oxime groups is 1. The minimum absolute atomic E-state index is 0.0723. The molecule has 0 heterocycles. The van der Waals surface area contributed by atoms with E-state index >= 15 is 0 Å². The van der Waals surface area contributed by atoms with Crippen LogP contribution >= 0.6 is 0 Å². The SMILES string of the molecule is COc1cc(/C=C/C(COc2ccccc2)=N/O)ccc1O. The van der Waals surface area contributed by atoms with E-state index in [1.165, 1.54) is 13.2 Å². The predicted octanol–water partition coefficient (Wildman–Crippen LogP) is 3.32. The Labute approximate surface area is 128 Å². The lowest BCUT2D eigenvalue weighted by molar-refractivity contribution is 0.308. The molecule has 114 valence electrons. The first-order chi connectivity index (χ1) is 10.7. The summed E-state index contributed by atoms with van der Waals surface area (Å²) >= 11 is 0. The van der Waals surface area contributed by atoms with Crippen LogP contribution in [-0.2, 0) is 0 Å². The summed E-state index contributed by atoms with van der Waals surface area (Å²) in [5, 5.41) is 21.8. The maximum absolute atomic E-state index is 9.54. The fraction of sp³-hybridized carbons (Fsp3) is 0.118. The van der Waals surface area contributed by atoms with Gasteiger partial charge in [-0.2, -0.15) is 0 Å². The molecule has 0 spiro atoms. The average Bonchev–Trinajstić information content (AvgIpc) is 2.57. The van der Waals surface area contributed by atoms with E-state index in [0.29, 0.717) is 17.2 Å². The highest BCUT2D eigenvalue weighted by atomic mass is 16.5. The molecule has 0 aromatic heterocycles. The molecule has 2 aromatic rings. The Kier molecular flexibility index (Phi) is 5.43. The number of benzene rings is 2. The molecule has 0 atom stereocenters. The quantitative estimate of drug-likeness (QED) is 0.487. The summed E-state index contributed by atoms with van der Waals surface area (Å²) in [6, 6.07) is 14.2. The van der Waals surface area contributed by atoms with E-state index in [1.807, 2.05) is 30.3 Å². The van der Waals surface area contributed by atoms with Gasteiger partial charge in [-0.25, -0.2) is 0 Å². The highest BCUT2D eigenvalue weighted by Crippen LogP contribution is 2.26. The van der Waals surface area contributed by atoms with Gasteiger partial charge < -0.3 is 19.8 Å². The Morgan fingerprint density at radius 3 is 2.64 bits per heavy atom. The van der Waals surface area contributed by atoms with Crippen LogP contribution in [0.3, 0.4) is 0 Å². The fourth-order valence-corrected chi connectivity index (χ4v) is 1.77. The molecule has 0 bridgehead atoms. The van der Waals surface area contributed by atoms with Crippen molar-refractivity contribution in [3.05, 3.63) is 60.2 Å². The van der Waals surface area contributed by atoms with E-state index in [9.17, 15) is 5.11 Å². The molecule has 0 unspecified atom stereocenters. The summed E-state index contributed by atoms with van der Waals surface area (Å²) in [6.07, 6.45) is 3.38. The second-order valence-electron chi connectivity index (χ2n) is 4.46. The molecule has 2 N–H and O–H groups in total. The maximum Gasteiger partial charge on any atom is 0.161 e. The second-order valence-corrected chi connectivity index (χ2v) is 4.46. The summed E-state index contributed by atoms with van der Waals surface area (Å²) < 4.78 is 10.5. The molecule has 5 heteroatoms. The zero-order chi connectivity index (χ0) is 15.8. The monoisotopic (exact) mass is 299 g/mol. The molecule has 0 fully saturated rings. The molecule has 0 radical (unpaired) electrons. The number of phenolic OH excluding ortho intramolecular Hbond substituents is 1. The number of para-hydroxylation sites is 1. The smallest absolute Gasteiger partial charge is 0.161 e. The summed E-state index contributed by atoms with van der Waals surface area (Å²) in [5.41, 5.74) is 1.17. The van der Waals surface area contributed by atoms with Gasteiger partial charge in [0.2, 0.25) is 0 Å². The van der Waals surface area contributed by atoms with Crippen LogP contribution < -0.4 is 9.47 Å². The normalized spacial score (nSPS) is 11.6. The van der Waals surface area contributed by atoms with E-state index < -0.39 is 0 Å². The number of phenols is 1. The van der Waals surface area contributed by atoms with Crippen molar-refractivity contribution in [3.63, 3.8) is 0 Å². The zero-order valence-electron chi connectivity index (χ0n) is 12.1. The molecule has 5 nitrogen and oxygen atoms in total. The van der Waals surface area contributed by atoms with Crippen LogP contribution in [0.15, 0.2) is 59.8 Å². The van der Waals surface area contributed by atoms with Gasteiger partial charge in [-0.1, -0.05) is 35.5 Å². The molecule has 2 rings (SSSR count). The van der Waals surface area contributed by atoms with Crippen LogP contribution in [0, 0.1) is 0 Å². The number of hydrogen-bond acceptors (Lipinski definition) is 5. The minimum Gasteiger partial charge on any atom is -0.504 e. The van der Waals surface area contributed by atoms with E-state index in [2.05, 4.69) is 5.16 Å². The molecule has 0 aliphatic rings. The third kappa shape index (κ3) is 4.28. The number of aromatic hydroxyl groups is 1. The van der Waals surface area contributed by atoms with Gasteiger partial charge in [0, 0.05) is 0 Å². The third-order valence-corrected chi connectivity index (χ3v) is 2.93. The first-order valence-electron chi connectivity index (χ1n) is 6.67. The summed E-state index contributed by atoms with van der Waals surface area (Å²) in [5.74, 6) is 1.15. The molecule has 0 aliphatic carbocycles. The number of ether oxygens (including phenoxy) is 2. The standard InChI is InChI=1S/C17H17NO4/c1-21-17-11-13(8-10-16(17)19)7-9-14(18-20)12-22-15-5-3-2-4-6-15/h2-11,19-20H,12H2,1H3/b9-7+,18-14-. The van der Waals surface area contributed by atoms with Crippen molar-refractivity contribution in [1.29, 1.82) is 0 Å². The Balaban J connectivity index is 2.01. The van der Waals surface area contributed by atoms with Crippen molar-refractivity contribution < 1.29 is 19.8 Å². The molecule has 0 saturated heterocycles. The average molecular weight is 299 g/mol. The summed E-state index contributed by atoms with van der Waals surface area (Å²) in [4.78, 5) is 0. The predicted molar refractivity (Wildman–Crippen MR) is 84.9 cm³/mol. The third-order valence-electron chi connectivity index (χ3n) is 2.93. The van der Waals surface area contributed by atoms with E-state index in [0.717, 1.165) is 5.56 Å². The van der Waals surface area contributed by atoms with E-state index in [-0.39, 0.29) is 12.4 Å². The van der Waals surface area contributed by atoms with Gasteiger partial charge in [0.05, 0.1) is 7.11 Å². The Morgan fingerprint density at radius 2 is 1.95 bits per heavy atom. The van der Waals surface area contributed by atoms with Gasteiger partial charge in [0.25, 0.3) is 0 Å². The topological polar surface area (TPSA) is 71.3 Å². The van der Waals surface area contributed by atoms with Crippen molar-refractivity contribution in [2.45, 2.75) is 0 Å². The second kappa shape index (κ2) is 7.73. The molecule has 0 aliphatic heterocycles. The molecule has 2 aromatic carbocycles. The van der Waals surface area contributed by atoms with Crippen molar-refractivity contribution in [1.82, 2.24) is 0 Å². The van der Waals surface area contributed by atoms with E-state index in [4.69, 9.17) is 14.7 Å². The summed E-state index contributed by atoms with van der Waals surface area (Å²) in [7, 11) is 1.48. The largest absolute Gasteiger partial charge is 0.504 e. The van der Waals surface area contributed by atoms with Crippen LogP contribution in [-0.4, -0.2) is 29.7 Å². The van der Waals surface area contributed by atoms with Gasteiger partial charge in [-0.15, -0.1) is 0 Å². The minimum atomic E-state index is 0.0723. The first kappa shape index (κ1) is 15.4. The number of methoxy groups -OCH3 is 1. The Bertz CT molecular complexity index is 666. The fourth-order valence-electron chi connectivity index (χ4n) is 1.77. The lowest BCUT2D eigenvalue weighted by Gasteiger charge is -2.05. The van der Waals surface area contributed by atoms with E-state index in [1.54, 1.807) is 24.3 Å². The van der Waals surface area contributed by atoms with Gasteiger partial charge in [-0.05, 0) is 35.9 Å². The van der Waals surface area contributed by atoms with Crippen molar-refractivity contribution >= 4 is 11.8 Å². The molecule has 0 saturated carbocycles. The molecule has 0 amide bonds. The number of hydrogen-bond donors (Lipinski definition) is 2. The number of rotatable bonds is 6. The molecule has 22 heavy (non-hydrogen) atoms. The lowest BCUT2D eigenvalue weighted by atomic mass is 10.1. The van der Waals surface area contributed by atoms with Gasteiger partial charge in [0.15, 0.2) is 11.5 Å². The molecular formula is C17H17NO4. The van der Waals surface area contributed by atoms with Crippen molar-refractivity contribution in [2.75, 3.05) is 13.7 Å². The van der Waals surface area contributed by atoms with Crippen LogP contribution in [0.4, 0.5) is 0 Å². The van der Waals surface area contributed by atoms with Gasteiger partial charge in [0.1, 0.15) is 18.1 Å². The molecular weight excluding hydrogens is 282 g/mol. The van der Waals surface area contributed by atoms with Crippen LogP contribution in [0.5, 0.6) is 17.2 Å². The summed E-state index contributed by atoms with van der Waals surface area (Å²) in [6.45, 7) is 0.145. The van der Waals surface area contributed by atoms with Gasteiger partial charge in [-0.3, -0.25) is 0 Å². The zero-order valence-corrected chi connectivity index (χ0v) is 12.1. The lowest BCUT2D eigenvalue weighted by Crippen LogP contribution is -2.08. The van der Waals surface area contributed by atoms with Crippen LogP contribution in [0.1, 0.15) is 5.56 Å². The number of nitrogens with zero attached hydrogens (tertiary/aromatic N) is 1. The highest BCUT2D eigenvalue weighted by Gasteiger charge is 2.02. The Hall–Kier alpha value is -2.95. The van der Waals surface area contributed by atoms with Crippen molar-refractivity contribution in [3.8, 4) is 17.2 Å². The van der Waals surface area contributed by atoms with Crippen LogP contribution in [0.25, 0.3) is 6.08 Å².